The molecule has 7 heteroatoms. The number of hydrogen-bond donors (Lipinski definition) is 1. The van der Waals surface area contributed by atoms with Gasteiger partial charge in [-0.05, 0) is 36.8 Å². The molecule has 2 amide bonds. The number of benzene rings is 1. The van der Waals surface area contributed by atoms with Crippen molar-refractivity contribution >= 4 is 11.8 Å². The Balaban J connectivity index is 1.62. The molecule has 1 aliphatic rings. The van der Waals surface area contributed by atoms with Crippen molar-refractivity contribution in [2.24, 2.45) is 0 Å². The van der Waals surface area contributed by atoms with Gasteiger partial charge < -0.3 is 10.2 Å². The van der Waals surface area contributed by atoms with Crippen LogP contribution in [0.15, 0.2) is 36.5 Å². The van der Waals surface area contributed by atoms with Crippen molar-refractivity contribution < 1.29 is 14.0 Å². The summed E-state index contributed by atoms with van der Waals surface area (Å²) >= 11 is 0. The highest BCUT2D eigenvalue weighted by atomic mass is 19.1. The van der Waals surface area contributed by atoms with Gasteiger partial charge in [0.2, 0.25) is 5.91 Å². The molecule has 2 heterocycles. The van der Waals surface area contributed by atoms with E-state index in [1.807, 2.05) is 6.92 Å². The first-order valence-electron chi connectivity index (χ1n) is 7.97. The van der Waals surface area contributed by atoms with Crippen LogP contribution in [0.5, 0.6) is 0 Å². The quantitative estimate of drug-likeness (QED) is 0.929. The largest absolute Gasteiger partial charge is 0.346 e. The third kappa shape index (κ3) is 3.45. The van der Waals surface area contributed by atoms with E-state index in [4.69, 9.17) is 0 Å². The van der Waals surface area contributed by atoms with E-state index in [-0.39, 0.29) is 23.7 Å². The fourth-order valence-corrected chi connectivity index (χ4v) is 2.77. The number of nitrogens with zero attached hydrogens (tertiary/aromatic N) is 3. The maximum atomic E-state index is 13.0. The van der Waals surface area contributed by atoms with Gasteiger partial charge in [0.1, 0.15) is 5.82 Å². The normalized spacial score (nSPS) is 17.1. The number of hydrogen-bond acceptors (Lipinski definition) is 3. The highest BCUT2D eigenvalue weighted by Crippen LogP contribution is 2.12. The predicted octanol–water partition coefficient (Wildman–Crippen LogP) is 1.75. The average Bonchev–Trinajstić information content (AvgIpc) is 3.24. The lowest BCUT2D eigenvalue weighted by Gasteiger charge is -2.15. The minimum atomic E-state index is -0.323. The number of carbonyl (C=O) groups is 2. The SMILES string of the molecule is CCC(=O)N1CCC(NC(=O)c2ccn(-c3ccc(F)cc3)n2)C1. The molecule has 24 heavy (non-hydrogen) atoms. The molecular weight excluding hydrogens is 311 g/mol. The third-order valence-corrected chi connectivity index (χ3v) is 4.09. The fraction of sp³-hybridized carbons (Fsp3) is 0.353. The molecule has 1 aromatic carbocycles. The molecule has 6 nitrogen and oxygen atoms in total. The van der Waals surface area contributed by atoms with Gasteiger partial charge in [-0.3, -0.25) is 9.59 Å². The molecule has 126 valence electrons. The average molecular weight is 330 g/mol. The smallest absolute Gasteiger partial charge is 0.272 e. The van der Waals surface area contributed by atoms with Crippen LogP contribution in [0.2, 0.25) is 0 Å². The van der Waals surface area contributed by atoms with E-state index in [1.165, 1.54) is 16.8 Å². The standard InChI is InChI=1S/C17H19FN4O2/c1-2-16(23)21-9-7-13(11-21)19-17(24)15-8-10-22(20-15)14-5-3-12(18)4-6-14/h3-6,8,10,13H,2,7,9,11H2,1H3,(H,19,24). The van der Waals surface area contributed by atoms with Gasteiger partial charge in [-0.2, -0.15) is 5.10 Å². The van der Waals surface area contributed by atoms with E-state index in [2.05, 4.69) is 10.4 Å². The van der Waals surface area contributed by atoms with Crippen LogP contribution in [-0.2, 0) is 4.79 Å². The molecule has 0 saturated carbocycles. The Morgan fingerprint density at radius 2 is 2.04 bits per heavy atom. The lowest BCUT2D eigenvalue weighted by molar-refractivity contribution is -0.129. The Morgan fingerprint density at radius 1 is 1.29 bits per heavy atom. The number of likely N-dealkylation sites (tertiary alicyclic amines) is 1. The van der Waals surface area contributed by atoms with Crippen LogP contribution in [0, 0.1) is 5.82 Å². The zero-order valence-electron chi connectivity index (χ0n) is 13.4. The van der Waals surface area contributed by atoms with Crippen molar-refractivity contribution in [2.75, 3.05) is 13.1 Å². The van der Waals surface area contributed by atoms with E-state index >= 15 is 0 Å². The summed E-state index contributed by atoms with van der Waals surface area (Å²) in [7, 11) is 0. The molecule has 1 atom stereocenters. The molecule has 2 aromatic rings. The first-order valence-corrected chi connectivity index (χ1v) is 7.97. The molecule has 0 aliphatic carbocycles. The van der Waals surface area contributed by atoms with Crippen molar-refractivity contribution in [1.29, 1.82) is 0 Å². The molecule has 0 radical (unpaired) electrons. The van der Waals surface area contributed by atoms with Crippen LogP contribution in [0.25, 0.3) is 5.69 Å². The summed E-state index contributed by atoms with van der Waals surface area (Å²) in [6.07, 6.45) is 2.88. The summed E-state index contributed by atoms with van der Waals surface area (Å²) in [5, 5.41) is 7.13. The van der Waals surface area contributed by atoms with Crippen LogP contribution in [0.3, 0.4) is 0 Å². The Bertz CT molecular complexity index is 741. The van der Waals surface area contributed by atoms with Gasteiger partial charge in [-0.1, -0.05) is 6.92 Å². The molecule has 1 N–H and O–H groups in total. The summed E-state index contributed by atoms with van der Waals surface area (Å²) in [4.78, 5) is 25.7. The van der Waals surface area contributed by atoms with Crippen molar-refractivity contribution in [3.63, 3.8) is 0 Å². The number of amides is 2. The molecule has 1 fully saturated rings. The summed E-state index contributed by atoms with van der Waals surface area (Å²) in [6, 6.07) is 7.43. The molecular formula is C17H19FN4O2. The fourth-order valence-electron chi connectivity index (χ4n) is 2.77. The van der Waals surface area contributed by atoms with Crippen LogP contribution in [0.4, 0.5) is 4.39 Å². The highest BCUT2D eigenvalue weighted by molar-refractivity contribution is 5.92. The van der Waals surface area contributed by atoms with E-state index in [0.29, 0.717) is 30.9 Å². The molecule has 1 aromatic heterocycles. The first-order chi connectivity index (χ1) is 11.6. The summed E-state index contributed by atoms with van der Waals surface area (Å²) in [6.45, 7) is 3.04. The van der Waals surface area contributed by atoms with Gasteiger partial charge in [-0.25, -0.2) is 9.07 Å². The molecule has 1 saturated heterocycles. The third-order valence-electron chi connectivity index (χ3n) is 4.09. The lowest BCUT2D eigenvalue weighted by Crippen LogP contribution is -2.38. The van der Waals surface area contributed by atoms with Gasteiger partial charge in [0.15, 0.2) is 5.69 Å². The Kier molecular flexibility index (Phi) is 4.59. The zero-order chi connectivity index (χ0) is 17.1. The van der Waals surface area contributed by atoms with E-state index in [0.717, 1.165) is 6.42 Å². The van der Waals surface area contributed by atoms with Gasteiger partial charge in [-0.15, -0.1) is 0 Å². The maximum Gasteiger partial charge on any atom is 0.272 e. The molecule has 1 unspecified atom stereocenters. The summed E-state index contributed by atoms with van der Waals surface area (Å²) in [5.74, 6) is -0.490. The van der Waals surface area contributed by atoms with Crippen LogP contribution in [0.1, 0.15) is 30.3 Å². The Morgan fingerprint density at radius 3 is 2.75 bits per heavy atom. The molecule has 0 spiro atoms. The predicted molar refractivity (Wildman–Crippen MR) is 86.3 cm³/mol. The van der Waals surface area contributed by atoms with Crippen molar-refractivity contribution in [1.82, 2.24) is 20.0 Å². The minimum absolute atomic E-state index is 0.0519. The van der Waals surface area contributed by atoms with Gasteiger partial charge in [0.05, 0.1) is 5.69 Å². The zero-order valence-corrected chi connectivity index (χ0v) is 13.4. The van der Waals surface area contributed by atoms with Crippen molar-refractivity contribution in [3.8, 4) is 5.69 Å². The van der Waals surface area contributed by atoms with Gasteiger partial charge in [0.25, 0.3) is 5.91 Å². The number of halogens is 1. The monoisotopic (exact) mass is 330 g/mol. The van der Waals surface area contributed by atoms with E-state index in [1.54, 1.807) is 29.3 Å². The maximum absolute atomic E-state index is 13.0. The Labute approximate surface area is 139 Å². The molecule has 3 rings (SSSR count). The number of nitrogens with one attached hydrogen (secondary N) is 1. The van der Waals surface area contributed by atoms with E-state index < -0.39 is 0 Å². The number of carbonyl (C=O) groups excluding carboxylic acids is 2. The first kappa shape index (κ1) is 16.2. The lowest BCUT2D eigenvalue weighted by atomic mass is 10.2. The summed E-state index contributed by atoms with van der Waals surface area (Å²) < 4.78 is 14.5. The molecule has 1 aliphatic heterocycles. The van der Waals surface area contributed by atoms with Crippen molar-refractivity contribution in [2.45, 2.75) is 25.8 Å². The van der Waals surface area contributed by atoms with Crippen LogP contribution in [-0.4, -0.2) is 45.6 Å². The second-order valence-corrected chi connectivity index (χ2v) is 5.77. The van der Waals surface area contributed by atoms with E-state index in [9.17, 15) is 14.0 Å². The van der Waals surface area contributed by atoms with Gasteiger partial charge in [0, 0.05) is 31.7 Å². The van der Waals surface area contributed by atoms with Crippen LogP contribution >= 0.6 is 0 Å². The summed E-state index contributed by atoms with van der Waals surface area (Å²) in [5.41, 5.74) is 0.968. The number of aromatic nitrogens is 2. The Hall–Kier alpha value is -2.70. The topological polar surface area (TPSA) is 67.2 Å². The van der Waals surface area contributed by atoms with Gasteiger partial charge >= 0.3 is 0 Å². The second-order valence-electron chi connectivity index (χ2n) is 5.77. The molecule has 0 bridgehead atoms. The number of rotatable bonds is 4. The second kappa shape index (κ2) is 6.82. The highest BCUT2D eigenvalue weighted by Gasteiger charge is 2.27. The minimum Gasteiger partial charge on any atom is -0.346 e. The van der Waals surface area contributed by atoms with Crippen LogP contribution < -0.4 is 5.32 Å². The van der Waals surface area contributed by atoms with Crippen molar-refractivity contribution in [3.05, 3.63) is 48.0 Å².